The van der Waals surface area contributed by atoms with Crippen molar-refractivity contribution < 1.29 is 23.8 Å². The summed E-state index contributed by atoms with van der Waals surface area (Å²) in [5.74, 6) is 0.0436. The number of aliphatic hydroxyl groups excluding tert-OH is 1. The third-order valence-corrected chi connectivity index (χ3v) is 4.50. The third kappa shape index (κ3) is 3.38. The van der Waals surface area contributed by atoms with Crippen molar-refractivity contribution in [3.05, 3.63) is 60.8 Å². The summed E-state index contributed by atoms with van der Waals surface area (Å²) in [7, 11) is 0. The molecule has 1 radical (unpaired) electrons. The highest BCUT2D eigenvalue weighted by atomic mass is 19.1. The van der Waals surface area contributed by atoms with Crippen molar-refractivity contribution in [1.29, 1.82) is 0 Å². The molecular weight excluding hydrogens is 351 g/mol. The lowest BCUT2D eigenvalue weighted by atomic mass is 10.0. The number of hydrogen-bond acceptors (Lipinski definition) is 5. The first kappa shape index (κ1) is 17.5. The lowest BCUT2D eigenvalue weighted by molar-refractivity contribution is 0.159. The van der Waals surface area contributed by atoms with Crippen LogP contribution in [0, 0.1) is 12.7 Å². The molecule has 2 aliphatic rings. The van der Waals surface area contributed by atoms with E-state index < -0.39 is 18.0 Å². The quantitative estimate of drug-likeness (QED) is 0.900. The van der Waals surface area contributed by atoms with Crippen LogP contribution >= 0.6 is 0 Å². The number of ether oxygens (including phenoxy) is 2. The predicted molar refractivity (Wildman–Crippen MR) is 98.2 cm³/mol. The molecule has 1 amide bonds. The Bertz CT molecular complexity index is 897. The zero-order valence-corrected chi connectivity index (χ0v) is 14.5. The zero-order chi connectivity index (χ0) is 19.0. The van der Waals surface area contributed by atoms with Gasteiger partial charge in [0, 0.05) is 11.1 Å². The monoisotopic (exact) mass is 369 g/mol. The molecule has 4 rings (SSSR count). The number of carbonyl (C=O) groups excluding carboxylic acids is 1. The van der Waals surface area contributed by atoms with Gasteiger partial charge in [0.2, 0.25) is 5.90 Å². The molecule has 0 unspecified atom stereocenters. The van der Waals surface area contributed by atoms with E-state index in [-0.39, 0.29) is 12.6 Å². The van der Waals surface area contributed by atoms with Crippen molar-refractivity contribution in [3.8, 4) is 11.1 Å². The lowest BCUT2D eigenvalue weighted by Gasteiger charge is -2.14. The van der Waals surface area contributed by atoms with Gasteiger partial charge in [0.1, 0.15) is 24.6 Å². The third-order valence-electron chi connectivity index (χ3n) is 4.50. The minimum Gasteiger partial charge on any atom is -0.475 e. The highest BCUT2D eigenvalue weighted by Gasteiger charge is 2.30. The SMILES string of the molecule is [CH2][C@H]1CN(c2ccc(-c3ccc(C4=N[C@@H](CO)CO4)cc3)c(F)c2)C(=O)O1. The van der Waals surface area contributed by atoms with E-state index in [0.717, 1.165) is 5.56 Å². The van der Waals surface area contributed by atoms with Crippen LogP contribution in [0.25, 0.3) is 11.1 Å². The molecule has 0 bridgehead atoms. The molecule has 0 aromatic heterocycles. The summed E-state index contributed by atoms with van der Waals surface area (Å²) < 4.78 is 25.1. The molecule has 1 fully saturated rings. The topological polar surface area (TPSA) is 71.4 Å². The summed E-state index contributed by atoms with van der Waals surface area (Å²) in [6, 6.07) is 11.6. The van der Waals surface area contributed by atoms with Crippen LogP contribution in [0.3, 0.4) is 0 Å². The summed E-state index contributed by atoms with van der Waals surface area (Å²) >= 11 is 0. The van der Waals surface area contributed by atoms with Gasteiger partial charge >= 0.3 is 6.09 Å². The van der Waals surface area contributed by atoms with E-state index in [2.05, 4.69) is 11.9 Å². The molecule has 7 heteroatoms. The fraction of sp³-hybridized carbons (Fsp3) is 0.250. The number of aliphatic imine (C=N–C) groups is 1. The number of carbonyl (C=O) groups is 1. The molecule has 1 N–H and O–H groups in total. The van der Waals surface area contributed by atoms with Crippen LogP contribution in [0.5, 0.6) is 0 Å². The van der Waals surface area contributed by atoms with Crippen molar-refractivity contribution in [2.24, 2.45) is 4.99 Å². The fourth-order valence-corrected chi connectivity index (χ4v) is 3.10. The first-order valence-corrected chi connectivity index (χ1v) is 8.58. The molecule has 1 saturated heterocycles. The van der Waals surface area contributed by atoms with E-state index in [9.17, 15) is 9.18 Å². The van der Waals surface area contributed by atoms with Gasteiger partial charge in [-0.3, -0.25) is 4.90 Å². The molecule has 2 atom stereocenters. The smallest absolute Gasteiger partial charge is 0.414 e. The van der Waals surface area contributed by atoms with Gasteiger partial charge in [0.25, 0.3) is 0 Å². The molecule has 6 nitrogen and oxygen atoms in total. The number of benzene rings is 2. The van der Waals surface area contributed by atoms with Crippen LogP contribution < -0.4 is 4.90 Å². The van der Waals surface area contributed by atoms with Crippen LogP contribution in [-0.2, 0) is 9.47 Å². The number of anilines is 1. The summed E-state index contributed by atoms with van der Waals surface area (Å²) in [5, 5.41) is 9.12. The van der Waals surface area contributed by atoms with E-state index in [4.69, 9.17) is 14.6 Å². The Labute approximate surface area is 155 Å². The van der Waals surface area contributed by atoms with E-state index >= 15 is 0 Å². The Hall–Kier alpha value is -2.93. The van der Waals surface area contributed by atoms with Gasteiger partial charge in [-0.05, 0) is 42.8 Å². The number of hydrogen-bond donors (Lipinski definition) is 1. The summed E-state index contributed by atoms with van der Waals surface area (Å²) in [5.41, 5.74) is 2.33. The van der Waals surface area contributed by atoms with Crippen LogP contribution in [0.2, 0.25) is 0 Å². The predicted octanol–water partition coefficient (Wildman–Crippen LogP) is 2.79. The number of nitrogens with zero attached hydrogens (tertiary/aromatic N) is 2. The Morgan fingerprint density at radius 2 is 1.96 bits per heavy atom. The summed E-state index contributed by atoms with van der Waals surface area (Å²) in [6.45, 7) is 4.29. The Morgan fingerprint density at radius 3 is 2.56 bits per heavy atom. The lowest BCUT2D eigenvalue weighted by Crippen LogP contribution is -2.24. The number of amides is 1. The normalized spacial score (nSPS) is 21.8. The average molecular weight is 369 g/mol. The van der Waals surface area contributed by atoms with Gasteiger partial charge in [-0.25, -0.2) is 14.2 Å². The van der Waals surface area contributed by atoms with Crippen molar-refractivity contribution in [2.75, 3.05) is 24.7 Å². The van der Waals surface area contributed by atoms with Crippen molar-refractivity contribution in [3.63, 3.8) is 0 Å². The molecule has 2 aromatic carbocycles. The second-order valence-corrected chi connectivity index (χ2v) is 6.44. The average Bonchev–Trinajstić information content (AvgIpc) is 3.28. The second-order valence-electron chi connectivity index (χ2n) is 6.44. The number of halogens is 1. The minimum absolute atomic E-state index is 0.0570. The summed E-state index contributed by atoms with van der Waals surface area (Å²) in [4.78, 5) is 17.4. The highest BCUT2D eigenvalue weighted by molar-refractivity contribution is 5.95. The molecule has 0 saturated carbocycles. The first-order valence-electron chi connectivity index (χ1n) is 8.58. The van der Waals surface area contributed by atoms with Crippen LogP contribution in [0.4, 0.5) is 14.9 Å². The molecular formula is C20H18FN2O4. The first-order chi connectivity index (χ1) is 13.0. The van der Waals surface area contributed by atoms with Crippen LogP contribution in [0.1, 0.15) is 5.56 Å². The molecule has 27 heavy (non-hydrogen) atoms. The number of aliphatic hydroxyl groups is 1. The van der Waals surface area contributed by atoms with Crippen molar-refractivity contribution in [2.45, 2.75) is 12.1 Å². The molecule has 0 spiro atoms. The zero-order valence-electron chi connectivity index (χ0n) is 14.5. The molecule has 139 valence electrons. The largest absolute Gasteiger partial charge is 0.475 e. The Morgan fingerprint density at radius 1 is 1.22 bits per heavy atom. The van der Waals surface area contributed by atoms with Crippen LogP contribution in [-0.4, -0.2) is 49.0 Å². The molecule has 0 aliphatic carbocycles. The maximum Gasteiger partial charge on any atom is 0.414 e. The Balaban J connectivity index is 1.56. The van der Waals surface area contributed by atoms with E-state index in [1.165, 1.54) is 11.0 Å². The van der Waals surface area contributed by atoms with E-state index in [1.807, 2.05) is 0 Å². The van der Waals surface area contributed by atoms with Gasteiger partial charge in [-0.1, -0.05) is 12.1 Å². The van der Waals surface area contributed by atoms with Gasteiger partial charge in [-0.15, -0.1) is 0 Å². The van der Waals surface area contributed by atoms with Crippen LogP contribution in [0.15, 0.2) is 47.5 Å². The van der Waals surface area contributed by atoms with Crippen molar-refractivity contribution in [1.82, 2.24) is 0 Å². The Kier molecular flexibility index (Phi) is 4.53. The van der Waals surface area contributed by atoms with Crippen molar-refractivity contribution >= 4 is 17.7 Å². The maximum absolute atomic E-state index is 14.6. The molecule has 2 aliphatic heterocycles. The molecule has 2 aromatic rings. The standard InChI is InChI=1S/C20H18FN2O4/c1-12-9-23(20(25)27-12)16-6-7-17(18(21)8-16)13-2-4-14(5-3-13)19-22-15(10-24)11-26-19/h2-8,12,15,24H,1,9-11H2/t12-,15-/m0/s1. The minimum atomic E-state index is -0.523. The summed E-state index contributed by atoms with van der Waals surface area (Å²) in [6.07, 6.45) is -0.982. The van der Waals surface area contributed by atoms with Gasteiger partial charge in [-0.2, -0.15) is 0 Å². The van der Waals surface area contributed by atoms with E-state index in [0.29, 0.717) is 35.9 Å². The van der Waals surface area contributed by atoms with Gasteiger partial charge in [0.15, 0.2) is 0 Å². The second kappa shape index (κ2) is 7.00. The number of rotatable bonds is 4. The van der Waals surface area contributed by atoms with E-state index in [1.54, 1.807) is 36.4 Å². The maximum atomic E-state index is 14.6. The highest BCUT2D eigenvalue weighted by Crippen LogP contribution is 2.29. The van der Waals surface area contributed by atoms with Gasteiger partial charge in [0.05, 0.1) is 18.8 Å². The molecule has 2 heterocycles. The fourth-order valence-electron chi connectivity index (χ4n) is 3.10. The van der Waals surface area contributed by atoms with Gasteiger partial charge < -0.3 is 14.6 Å². The number of cyclic esters (lactones) is 1.